The Labute approximate surface area is 119 Å². The largest absolute Gasteiger partial charge is 0.379 e. The molecule has 0 aliphatic rings. The van der Waals surface area contributed by atoms with Crippen LogP contribution in [0.5, 0.6) is 0 Å². The first-order valence-corrected chi connectivity index (χ1v) is 6.80. The van der Waals surface area contributed by atoms with Crippen molar-refractivity contribution in [2.45, 2.75) is 33.5 Å². The summed E-state index contributed by atoms with van der Waals surface area (Å²) in [5, 5.41) is 14.1. The first kappa shape index (κ1) is 16.4. The molecule has 0 bridgehead atoms. The van der Waals surface area contributed by atoms with E-state index in [0.717, 1.165) is 5.56 Å². The van der Waals surface area contributed by atoms with Gasteiger partial charge in [-0.1, -0.05) is 6.07 Å². The van der Waals surface area contributed by atoms with Crippen LogP contribution in [-0.4, -0.2) is 31.0 Å². The minimum Gasteiger partial charge on any atom is -0.379 e. The van der Waals surface area contributed by atoms with Gasteiger partial charge in [0.15, 0.2) is 6.29 Å². The zero-order valence-corrected chi connectivity index (χ0v) is 12.2. The number of nitrogens with one attached hydrogen (secondary N) is 1. The highest BCUT2D eigenvalue weighted by Gasteiger charge is 2.14. The zero-order chi connectivity index (χ0) is 15.0. The number of rotatable bonds is 9. The highest BCUT2D eigenvalue weighted by molar-refractivity contribution is 5.62. The van der Waals surface area contributed by atoms with Crippen molar-refractivity contribution < 1.29 is 14.4 Å². The van der Waals surface area contributed by atoms with Gasteiger partial charge in [-0.25, -0.2) is 0 Å². The van der Waals surface area contributed by atoms with Gasteiger partial charge in [-0.3, -0.25) is 10.1 Å². The molecule has 0 amide bonds. The highest BCUT2D eigenvalue weighted by Crippen LogP contribution is 2.25. The lowest BCUT2D eigenvalue weighted by Crippen LogP contribution is -2.21. The van der Waals surface area contributed by atoms with Crippen LogP contribution in [0.3, 0.4) is 0 Å². The fourth-order valence-electron chi connectivity index (χ4n) is 1.85. The summed E-state index contributed by atoms with van der Waals surface area (Å²) in [6, 6.07) is 5.13. The molecule has 6 heteroatoms. The average molecular weight is 282 g/mol. The summed E-state index contributed by atoms with van der Waals surface area (Å²) in [5.74, 6) is 0. The zero-order valence-electron chi connectivity index (χ0n) is 12.2. The molecule has 0 aliphatic heterocycles. The Balaban J connectivity index is 2.58. The van der Waals surface area contributed by atoms with Gasteiger partial charge in [0.05, 0.1) is 4.92 Å². The molecule has 1 aromatic carbocycles. The van der Waals surface area contributed by atoms with E-state index in [0.29, 0.717) is 31.9 Å². The fraction of sp³-hybridized carbons (Fsp3) is 0.571. The molecular weight excluding hydrogens is 260 g/mol. The van der Waals surface area contributed by atoms with E-state index >= 15 is 0 Å². The number of nitrogens with zero attached hydrogens (tertiary/aromatic N) is 1. The smallest absolute Gasteiger partial charge is 0.292 e. The van der Waals surface area contributed by atoms with E-state index in [1.165, 1.54) is 0 Å². The van der Waals surface area contributed by atoms with Gasteiger partial charge in [0.1, 0.15) is 5.69 Å². The van der Waals surface area contributed by atoms with Gasteiger partial charge in [-0.05, 0) is 32.4 Å². The number of ether oxygens (including phenoxy) is 2. The van der Waals surface area contributed by atoms with Gasteiger partial charge in [-0.15, -0.1) is 0 Å². The average Bonchev–Trinajstić information content (AvgIpc) is 2.40. The second kappa shape index (κ2) is 8.50. The Morgan fingerprint density at radius 3 is 2.50 bits per heavy atom. The highest BCUT2D eigenvalue weighted by atomic mass is 16.7. The topological polar surface area (TPSA) is 73.6 Å². The predicted octanol–water partition coefficient (Wildman–Crippen LogP) is 3.10. The Kier molecular flexibility index (Phi) is 6.97. The normalized spacial score (nSPS) is 10.8. The first-order valence-electron chi connectivity index (χ1n) is 6.80. The SMILES string of the molecule is CCOC(CCNc1ccc(C)cc1[N+](=O)[O-])OCC. The van der Waals surface area contributed by atoms with Gasteiger partial charge in [-0.2, -0.15) is 0 Å². The molecular formula is C14H22N2O4. The number of anilines is 1. The molecule has 0 spiro atoms. The molecule has 0 saturated heterocycles. The van der Waals surface area contributed by atoms with Crippen molar-refractivity contribution in [3.8, 4) is 0 Å². The van der Waals surface area contributed by atoms with Gasteiger partial charge in [0.25, 0.3) is 5.69 Å². The molecule has 0 saturated carbocycles. The third-order valence-corrected chi connectivity index (χ3v) is 2.75. The molecule has 0 unspecified atom stereocenters. The van der Waals surface area contributed by atoms with Crippen molar-refractivity contribution in [1.82, 2.24) is 0 Å². The summed E-state index contributed by atoms with van der Waals surface area (Å²) in [7, 11) is 0. The van der Waals surface area contributed by atoms with E-state index in [2.05, 4.69) is 5.32 Å². The van der Waals surface area contributed by atoms with Crippen molar-refractivity contribution in [3.05, 3.63) is 33.9 Å². The maximum absolute atomic E-state index is 11.0. The summed E-state index contributed by atoms with van der Waals surface area (Å²) in [6.45, 7) is 7.35. The second-order valence-electron chi connectivity index (χ2n) is 4.33. The second-order valence-corrected chi connectivity index (χ2v) is 4.33. The van der Waals surface area contributed by atoms with E-state index in [1.54, 1.807) is 12.1 Å². The molecule has 0 fully saturated rings. The third-order valence-electron chi connectivity index (χ3n) is 2.75. The Bertz CT molecular complexity index is 431. The minimum atomic E-state index is -0.377. The van der Waals surface area contributed by atoms with Crippen LogP contribution < -0.4 is 5.32 Å². The molecule has 0 aliphatic carbocycles. The summed E-state index contributed by atoms with van der Waals surface area (Å²) >= 11 is 0. The van der Waals surface area contributed by atoms with Gasteiger partial charge >= 0.3 is 0 Å². The number of hydrogen-bond donors (Lipinski definition) is 1. The van der Waals surface area contributed by atoms with Crippen LogP contribution in [0.2, 0.25) is 0 Å². The Morgan fingerprint density at radius 1 is 1.30 bits per heavy atom. The number of aryl methyl sites for hydroxylation is 1. The lowest BCUT2D eigenvalue weighted by atomic mass is 10.2. The summed E-state index contributed by atoms with van der Waals surface area (Å²) in [4.78, 5) is 10.6. The first-order chi connectivity index (χ1) is 9.58. The molecule has 0 heterocycles. The summed E-state index contributed by atoms with van der Waals surface area (Å²) in [5.41, 5.74) is 1.48. The van der Waals surface area contributed by atoms with E-state index < -0.39 is 0 Å². The van der Waals surface area contributed by atoms with Crippen LogP contribution >= 0.6 is 0 Å². The molecule has 1 N–H and O–H groups in total. The molecule has 0 atom stereocenters. The molecule has 1 aromatic rings. The molecule has 0 aromatic heterocycles. The van der Waals surface area contributed by atoms with Crippen LogP contribution in [-0.2, 0) is 9.47 Å². The van der Waals surface area contributed by atoms with Crippen LogP contribution in [0.4, 0.5) is 11.4 Å². The van der Waals surface area contributed by atoms with Crippen molar-refractivity contribution in [3.63, 3.8) is 0 Å². The Hall–Kier alpha value is -1.66. The number of nitro groups is 1. The Morgan fingerprint density at radius 2 is 1.95 bits per heavy atom. The summed E-state index contributed by atoms with van der Waals surface area (Å²) < 4.78 is 10.8. The third kappa shape index (κ3) is 5.14. The minimum absolute atomic E-state index is 0.0920. The van der Waals surface area contributed by atoms with Crippen molar-refractivity contribution in [2.75, 3.05) is 25.1 Å². The van der Waals surface area contributed by atoms with Crippen LogP contribution in [0.1, 0.15) is 25.8 Å². The predicted molar refractivity (Wildman–Crippen MR) is 78.0 cm³/mol. The lowest BCUT2D eigenvalue weighted by Gasteiger charge is -2.17. The van der Waals surface area contributed by atoms with Gasteiger partial charge in [0, 0.05) is 32.2 Å². The molecule has 112 valence electrons. The van der Waals surface area contributed by atoms with Crippen molar-refractivity contribution >= 4 is 11.4 Å². The van der Waals surface area contributed by atoms with Crippen LogP contribution in [0.15, 0.2) is 18.2 Å². The van der Waals surface area contributed by atoms with Gasteiger partial charge < -0.3 is 14.8 Å². The fourth-order valence-corrected chi connectivity index (χ4v) is 1.85. The standard InChI is InChI=1S/C14H22N2O4/c1-4-19-14(20-5-2)8-9-15-12-7-6-11(3)10-13(12)16(17)18/h6-7,10,14-15H,4-5,8-9H2,1-3H3. The van der Waals surface area contributed by atoms with Crippen molar-refractivity contribution in [2.24, 2.45) is 0 Å². The van der Waals surface area contributed by atoms with Gasteiger partial charge in [0.2, 0.25) is 0 Å². The van der Waals surface area contributed by atoms with E-state index in [1.807, 2.05) is 26.8 Å². The molecule has 0 radical (unpaired) electrons. The molecule has 1 rings (SSSR count). The summed E-state index contributed by atoms with van der Waals surface area (Å²) in [6.07, 6.45) is 0.356. The quantitative estimate of drug-likeness (QED) is 0.428. The number of hydrogen-bond acceptors (Lipinski definition) is 5. The monoisotopic (exact) mass is 282 g/mol. The maximum Gasteiger partial charge on any atom is 0.292 e. The van der Waals surface area contributed by atoms with E-state index in [-0.39, 0.29) is 16.9 Å². The molecule has 20 heavy (non-hydrogen) atoms. The lowest BCUT2D eigenvalue weighted by molar-refractivity contribution is -0.384. The van der Waals surface area contributed by atoms with E-state index in [9.17, 15) is 10.1 Å². The molecule has 6 nitrogen and oxygen atoms in total. The van der Waals surface area contributed by atoms with Crippen molar-refractivity contribution in [1.29, 1.82) is 0 Å². The van der Waals surface area contributed by atoms with Crippen LogP contribution in [0, 0.1) is 17.0 Å². The number of nitro benzene ring substituents is 1. The van der Waals surface area contributed by atoms with E-state index in [4.69, 9.17) is 9.47 Å². The van der Waals surface area contributed by atoms with Crippen LogP contribution in [0.25, 0.3) is 0 Å². The maximum atomic E-state index is 11.0. The number of benzene rings is 1.